The molecule has 0 heterocycles. The molecule has 0 unspecified atom stereocenters. The second kappa shape index (κ2) is 5.60. The van der Waals surface area contributed by atoms with E-state index in [0.717, 1.165) is 0 Å². The minimum atomic E-state index is -0.474. The predicted molar refractivity (Wildman–Crippen MR) is 45.2 cm³/mol. The zero-order valence-corrected chi connectivity index (χ0v) is 7.46. The van der Waals surface area contributed by atoms with Crippen LogP contribution < -0.4 is 5.32 Å². The van der Waals surface area contributed by atoms with Crippen LogP contribution in [0, 0.1) is 5.92 Å². The van der Waals surface area contributed by atoms with Gasteiger partial charge in [-0.2, -0.15) is 0 Å². The first-order chi connectivity index (χ1) is 5.57. The van der Waals surface area contributed by atoms with Crippen molar-refractivity contribution in [1.82, 2.24) is 5.32 Å². The Hall–Kier alpha value is -1.03. The van der Waals surface area contributed by atoms with Gasteiger partial charge in [0, 0.05) is 0 Å². The molecule has 2 N–H and O–H groups in total. The van der Waals surface area contributed by atoms with Crippen LogP contribution in [0.25, 0.3) is 0 Å². The van der Waals surface area contributed by atoms with Crippen molar-refractivity contribution in [2.45, 2.75) is 13.8 Å². The normalized spacial score (nSPS) is 9.67. The molecule has 0 atom stereocenters. The van der Waals surface area contributed by atoms with Gasteiger partial charge >= 0.3 is 0 Å². The van der Waals surface area contributed by atoms with E-state index in [1.54, 1.807) is 0 Å². The third kappa shape index (κ3) is 4.73. The molecule has 0 saturated carbocycles. The standard InChI is InChI=1S/C8H15NO3/c1-6(2)4-12-7(3)8(11)9-5-10/h6,10H,3-5H2,1-2H3,(H,9,11). The second-order valence-corrected chi connectivity index (χ2v) is 2.79. The first-order valence-corrected chi connectivity index (χ1v) is 3.78. The lowest BCUT2D eigenvalue weighted by molar-refractivity contribution is -0.122. The van der Waals surface area contributed by atoms with Crippen molar-refractivity contribution in [3.8, 4) is 0 Å². The average Bonchev–Trinajstić information content (AvgIpc) is 2.00. The third-order valence-electron chi connectivity index (χ3n) is 1.08. The van der Waals surface area contributed by atoms with E-state index >= 15 is 0 Å². The zero-order chi connectivity index (χ0) is 9.56. The highest BCUT2D eigenvalue weighted by Gasteiger charge is 2.06. The molecule has 0 aromatic heterocycles. The smallest absolute Gasteiger partial charge is 0.287 e. The molecule has 0 aromatic rings. The van der Waals surface area contributed by atoms with Gasteiger partial charge in [0.15, 0.2) is 5.76 Å². The fourth-order valence-electron chi connectivity index (χ4n) is 0.503. The summed E-state index contributed by atoms with van der Waals surface area (Å²) in [5.74, 6) is -0.0837. The molecule has 70 valence electrons. The fourth-order valence-corrected chi connectivity index (χ4v) is 0.503. The van der Waals surface area contributed by atoms with Crippen molar-refractivity contribution >= 4 is 5.91 Å². The molecule has 0 aliphatic rings. The summed E-state index contributed by atoms with van der Waals surface area (Å²) < 4.78 is 5.00. The topological polar surface area (TPSA) is 58.6 Å². The van der Waals surface area contributed by atoms with E-state index in [1.165, 1.54) is 0 Å². The van der Waals surface area contributed by atoms with E-state index in [2.05, 4.69) is 11.9 Å². The highest BCUT2D eigenvalue weighted by molar-refractivity contribution is 5.90. The molecule has 0 fully saturated rings. The van der Waals surface area contributed by atoms with Crippen LogP contribution in [0.4, 0.5) is 0 Å². The highest BCUT2D eigenvalue weighted by atomic mass is 16.5. The van der Waals surface area contributed by atoms with Gasteiger partial charge in [0.2, 0.25) is 0 Å². The Morgan fingerprint density at radius 1 is 1.67 bits per heavy atom. The largest absolute Gasteiger partial charge is 0.488 e. The molecule has 0 saturated heterocycles. The molecule has 0 aliphatic carbocycles. The Morgan fingerprint density at radius 2 is 2.25 bits per heavy atom. The van der Waals surface area contributed by atoms with Crippen molar-refractivity contribution < 1.29 is 14.6 Å². The van der Waals surface area contributed by atoms with Crippen molar-refractivity contribution in [2.75, 3.05) is 13.3 Å². The van der Waals surface area contributed by atoms with E-state index in [4.69, 9.17) is 9.84 Å². The summed E-state index contributed by atoms with van der Waals surface area (Å²) in [6.07, 6.45) is 0. The molecular weight excluding hydrogens is 158 g/mol. The van der Waals surface area contributed by atoms with Crippen molar-refractivity contribution in [1.29, 1.82) is 0 Å². The van der Waals surface area contributed by atoms with Crippen LogP contribution in [0.1, 0.15) is 13.8 Å². The van der Waals surface area contributed by atoms with E-state index < -0.39 is 12.6 Å². The van der Waals surface area contributed by atoms with E-state index in [0.29, 0.717) is 12.5 Å². The molecule has 0 aliphatic heterocycles. The molecule has 12 heavy (non-hydrogen) atoms. The lowest BCUT2D eigenvalue weighted by Crippen LogP contribution is -2.26. The van der Waals surface area contributed by atoms with Gasteiger partial charge in [0.1, 0.15) is 6.73 Å². The molecule has 4 nitrogen and oxygen atoms in total. The molecule has 0 spiro atoms. The lowest BCUT2D eigenvalue weighted by atomic mass is 10.2. The average molecular weight is 173 g/mol. The Bertz CT molecular complexity index is 166. The van der Waals surface area contributed by atoms with Crippen molar-refractivity contribution in [2.24, 2.45) is 5.92 Å². The number of amides is 1. The maximum atomic E-state index is 10.9. The van der Waals surface area contributed by atoms with Crippen LogP contribution in [-0.2, 0) is 9.53 Å². The van der Waals surface area contributed by atoms with E-state index in [1.807, 2.05) is 13.8 Å². The van der Waals surface area contributed by atoms with Crippen LogP contribution in [0.5, 0.6) is 0 Å². The van der Waals surface area contributed by atoms with E-state index in [9.17, 15) is 4.79 Å². The van der Waals surface area contributed by atoms with Gasteiger partial charge < -0.3 is 15.2 Å². The predicted octanol–water partition coefficient (Wildman–Crippen LogP) is 0.239. The minimum absolute atomic E-state index is 0.0396. The van der Waals surface area contributed by atoms with Crippen LogP contribution in [0.15, 0.2) is 12.3 Å². The first kappa shape index (κ1) is 11.0. The number of ether oxygens (including phenoxy) is 1. The summed E-state index contributed by atoms with van der Waals surface area (Å²) in [5.41, 5.74) is 0. The summed E-state index contributed by atoms with van der Waals surface area (Å²) in [5, 5.41) is 10.5. The Morgan fingerprint density at radius 3 is 2.67 bits per heavy atom. The summed E-state index contributed by atoms with van der Waals surface area (Å²) in [6, 6.07) is 0. The lowest BCUT2D eigenvalue weighted by Gasteiger charge is -2.09. The van der Waals surface area contributed by atoms with Gasteiger partial charge in [0.05, 0.1) is 6.61 Å². The Balaban J connectivity index is 3.65. The number of nitrogens with one attached hydrogen (secondary N) is 1. The number of aliphatic hydroxyl groups is 1. The van der Waals surface area contributed by atoms with Crippen LogP contribution in [0.2, 0.25) is 0 Å². The highest BCUT2D eigenvalue weighted by Crippen LogP contribution is 1.99. The van der Waals surface area contributed by atoms with E-state index in [-0.39, 0.29) is 5.76 Å². The number of carbonyl (C=O) groups is 1. The molecule has 1 amide bonds. The number of aliphatic hydroxyl groups excluding tert-OH is 1. The SMILES string of the molecule is C=C(OCC(C)C)C(=O)NCO. The maximum absolute atomic E-state index is 10.9. The van der Waals surface area contributed by atoms with Gasteiger partial charge in [-0.05, 0) is 5.92 Å². The number of hydrogen-bond donors (Lipinski definition) is 2. The Labute approximate surface area is 72.2 Å². The molecule has 0 aromatic carbocycles. The van der Waals surface area contributed by atoms with Gasteiger partial charge in [0.25, 0.3) is 5.91 Å². The third-order valence-corrected chi connectivity index (χ3v) is 1.08. The zero-order valence-electron chi connectivity index (χ0n) is 7.46. The number of rotatable bonds is 5. The molecular formula is C8H15NO3. The minimum Gasteiger partial charge on any atom is -0.488 e. The van der Waals surface area contributed by atoms with Crippen LogP contribution in [0.3, 0.4) is 0 Å². The summed E-state index contributed by atoms with van der Waals surface area (Å²) >= 11 is 0. The van der Waals surface area contributed by atoms with Gasteiger partial charge in [-0.3, -0.25) is 4.79 Å². The monoisotopic (exact) mass is 173 g/mol. The van der Waals surface area contributed by atoms with Crippen molar-refractivity contribution in [3.05, 3.63) is 12.3 Å². The molecule has 4 heteroatoms. The summed E-state index contributed by atoms with van der Waals surface area (Å²) in [6.45, 7) is 7.39. The van der Waals surface area contributed by atoms with Crippen LogP contribution in [-0.4, -0.2) is 24.4 Å². The second-order valence-electron chi connectivity index (χ2n) is 2.79. The number of carbonyl (C=O) groups excluding carboxylic acids is 1. The molecule has 0 radical (unpaired) electrons. The molecule has 0 bridgehead atoms. The Kier molecular flexibility index (Phi) is 5.12. The van der Waals surface area contributed by atoms with Gasteiger partial charge in [-0.25, -0.2) is 0 Å². The van der Waals surface area contributed by atoms with Gasteiger partial charge in [-0.15, -0.1) is 0 Å². The summed E-state index contributed by atoms with van der Waals surface area (Å²) in [7, 11) is 0. The van der Waals surface area contributed by atoms with Gasteiger partial charge in [-0.1, -0.05) is 20.4 Å². The maximum Gasteiger partial charge on any atom is 0.287 e. The first-order valence-electron chi connectivity index (χ1n) is 3.78. The van der Waals surface area contributed by atoms with Crippen molar-refractivity contribution in [3.63, 3.8) is 0 Å². The summed E-state index contributed by atoms with van der Waals surface area (Å²) in [4.78, 5) is 10.9. The number of hydrogen-bond acceptors (Lipinski definition) is 3. The van der Waals surface area contributed by atoms with Crippen LogP contribution >= 0.6 is 0 Å². The quantitative estimate of drug-likeness (QED) is 0.355. The molecule has 0 rings (SSSR count). The fraction of sp³-hybridized carbons (Fsp3) is 0.625.